The Hall–Kier alpha value is -2.19. The molecular formula is C22H27ClF2N4O2. The molecule has 1 aromatic carbocycles. The minimum Gasteiger partial charge on any atom is -0.483 e. The van der Waals surface area contributed by atoms with E-state index in [2.05, 4.69) is 21.9 Å². The van der Waals surface area contributed by atoms with Gasteiger partial charge in [0.15, 0.2) is 5.84 Å². The van der Waals surface area contributed by atoms with E-state index < -0.39 is 5.92 Å². The molecule has 0 saturated carbocycles. The lowest BCUT2D eigenvalue weighted by atomic mass is 9.81. The van der Waals surface area contributed by atoms with Crippen LogP contribution in [0, 0.1) is 0 Å². The second kappa shape index (κ2) is 8.39. The van der Waals surface area contributed by atoms with Crippen molar-refractivity contribution in [2.45, 2.75) is 56.9 Å². The van der Waals surface area contributed by atoms with Gasteiger partial charge in [-0.15, -0.1) is 12.4 Å². The maximum absolute atomic E-state index is 13.8. The zero-order valence-corrected chi connectivity index (χ0v) is 18.2. The molecule has 1 fully saturated rings. The van der Waals surface area contributed by atoms with Gasteiger partial charge in [0.1, 0.15) is 18.4 Å². The minimum absolute atomic E-state index is 0. The molecule has 1 aliphatic carbocycles. The Labute approximate surface area is 186 Å². The molecule has 0 unspecified atom stereocenters. The first kappa shape index (κ1) is 22.0. The molecule has 5 rings (SSSR count). The fourth-order valence-electron chi connectivity index (χ4n) is 4.88. The van der Waals surface area contributed by atoms with Crippen LogP contribution in [0.25, 0.3) is 5.57 Å². The number of nitrogens with zero attached hydrogens (tertiary/aromatic N) is 2. The molecule has 1 atom stereocenters. The Kier molecular flexibility index (Phi) is 5.96. The van der Waals surface area contributed by atoms with Gasteiger partial charge in [-0.3, -0.25) is 4.79 Å². The lowest BCUT2D eigenvalue weighted by Crippen LogP contribution is -2.55. The number of fused-ring (bicyclic) bond motifs is 3. The molecule has 9 heteroatoms. The topological polar surface area (TPSA) is 66.0 Å². The summed E-state index contributed by atoms with van der Waals surface area (Å²) in [6, 6.07) is 3.72. The number of amides is 1. The third-order valence-electron chi connectivity index (χ3n) is 6.62. The normalized spacial score (nSPS) is 25.2. The summed E-state index contributed by atoms with van der Waals surface area (Å²) >= 11 is 0. The summed E-state index contributed by atoms with van der Waals surface area (Å²) in [6.45, 7) is 3.98. The Morgan fingerprint density at radius 3 is 2.74 bits per heavy atom. The number of hydrogen-bond donors (Lipinski definition) is 2. The van der Waals surface area contributed by atoms with Crippen LogP contribution >= 0.6 is 12.4 Å². The first-order chi connectivity index (χ1) is 14.4. The van der Waals surface area contributed by atoms with E-state index in [1.54, 1.807) is 6.08 Å². The standard InChI is InChI=1S/C22H26F2N4O2.ClH/c1-13-21(29)27-26-20-12-30-19-11-17(14-2-6-22(23,24)7-3-14)16(10-18(19)28(13)20)15-4-8-25-9-5-15;/h2,10-11,13,15,25H,3-9,12H2,1H3,(H,27,29);1H/t13-;/m1./s1. The Balaban J connectivity index is 0.00000231. The van der Waals surface area contributed by atoms with Gasteiger partial charge in [-0.2, -0.15) is 5.10 Å². The van der Waals surface area contributed by atoms with E-state index in [0.717, 1.165) is 48.3 Å². The van der Waals surface area contributed by atoms with E-state index in [0.29, 0.717) is 23.9 Å². The van der Waals surface area contributed by atoms with Crippen molar-refractivity contribution >= 4 is 35.4 Å². The Bertz CT molecular complexity index is 944. The molecule has 3 aliphatic heterocycles. The summed E-state index contributed by atoms with van der Waals surface area (Å²) in [5, 5.41) is 7.56. The monoisotopic (exact) mass is 452 g/mol. The number of hydrazone groups is 1. The van der Waals surface area contributed by atoms with Crippen LogP contribution < -0.4 is 20.4 Å². The number of halogens is 3. The van der Waals surface area contributed by atoms with Gasteiger partial charge in [0.25, 0.3) is 11.8 Å². The van der Waals surface area contributed by atoms with Crippen LogP contribution in [-0.4, -0.2) is 43.4 Å². The molecule has 3 heterocycles. The van der Waals surface area contributed by atoms with Gasteiger partial charge in [-0.05, 0) is 74.0 Å². The number of benzene rings is 1. The van der Waals surface area contributed by atoms with E-state index >= 15 is 0 Å². The van der Waals surface area contributed by atoms with Crippen LogP contribution in [0.15, 0.2) is 23.3 Å². The number of nitrogens with one attached hydrogen (secondary N) is 2. The predicted octanol–water partition coefficient (Wildman–Crippen LogP) is 3.81. The van der Waals surface area contributed by atoms with Crippen LogP contribution in [0.4, 0.5) is 14.5 Å². The molecule has 0 radical (unpaired) electrons. The molecular weight excluding hydrogens is 426 g/mol. The molecule has 0 bridgehead atoms. The van der Waals surface area contributed by atoms with Gasteiger partial charge in [-0.25, -0.2) is 14.2 Å². The average Bonchev–Trinajstić information content (AvgIpc) is 2.76. The molecule has 4 aliphatic rings. The third kappa shape index (κ3) is 4.03. The Morgan fingerprint density at radius 2 is 2.03 bits per heavy atom. The smallest absolute Gasteiger partial charge is 0.262 e. The fourth-order valence-corrected chi connectivity index (χ4v) is 4.88. The van der Waals surface area contributed by atoms with Crippen LogP contribution in [0.2, 0.25) is 0 Å². The largest absolute Gasteiger partial charge is 0.483 e. The van der Waals surface area contributed by atoms with E-state index in [-0.39, 0.29) is 43.8 Å². The van der Waals surface area contributed by atoms with Crippen molar-refractivity contribution in [3.8, 4) is 5.75 Å². The predicted molar refractivity (Wildman–Crippen MR) is 118 cm³/mol. The summed E-state index contributed by atoms with van der Waals surface area (Å²) in [5.41, 5.74) is 6.54. The third-order valence-corrected chi connectivity index (χ3v) is 6.62. The molecule has 6 nitrogen and oxygen atoms in total. The summed E-state index contributed by atoms with van der Waals surface area (Å²) in [5.74, 6) is -1.08. The van der Waals surface area contributed by atoms with Gasteiger partial charge in [0.2, 0.25) is 0 Å². The minimum atomic E-state index is -2.62. The second-order valence-electron chi connectivity index (χ2n) is 8.56. The van der Waals surface area contributed by atoms with Crippen molar-refractivity contribution in [1.29, 1.82) is 0 Å². The van der Waals surface area contributed by atoms with Crippen LogP contribution in [0.3, 0.4) is 0 Å². The zero-order valence-electron chi connectivity index (χ0n) is 17.4. The number of anilines is 1. The van der Waals surface area contributed by atoms with Gasteiger partial charge in [0, 0.05) is 12.8 Å². The summed E-state index contributed by atoms with van der Waals surface area (Å²) in [6.07, 6.45) is 3.70. The molecule has 31 heavy (non-hydrogen) atoms. The number of rotatable bonds is 2. The molecule has 1 saturated heterocycles. The van der Waals surface area contributed by atoms with Crippen molar-refractivity contribution < 1.29 is 18.3 Å². The van der Waals surface area contributed by atoms with Crippen molar-refractivity contribution in [3.63, 3.8) is 0 Å². The first-order valence-corrected chi connectivity index (χ1v) is 10.7. The van der Waals surface area contributed by atoms with Crippen molar-refractivity contribution in [2.75, 3.05) is 24.6 Å². The number of hydrogen-bond acceptors (Lipinski definition) is 5. The fraction of sp³-hybridized carbons (Fsp3) is 0.545. The number of allylic oxidation sites excluding steroid dienone is 2. The molecule has 168 valence electrons. The average molecular weight is 453 g/mol. The maximum Gasteiger partial charge on any atom is 0.262 e. The van der Waals surface area contributed by atoms with Crippen molar-refractivity contribution in [1.82, 2.24) is 10.7 Å². The number of ether oxygens (including phenoxy) is 1. The van der Waals surface area contributed by atoms with E-state index in [1.807, 2.05) is 17.9 Å². The molecule has 2 N–H and O–H groups in total. The maximum atomic E-state index is 13.8. The van der Waals surface area contributed by atoms with Gasteiger partial charge in [0.05, 0.1) is 5.69 Å². The van der Waals surface area contributed by atoms with Crippen molar-refractivity contribution in [2.24, 2.45) is 5.10 Å². The zero-order chi connectivity index (χ0) is 20.9. The van der Waals surface area contributed by atoms with Gasteiger partial charge in [-0.1, -0.05) is 6.08 Å². The van der Waals surface area contributed by atoms with Crippen LogP contribution in [0.1, 0.15) is 56.1 Å². The summed E-state index contributed by atoms with van der Waals surface area (Å²) in [7, 11) is 0. The van der Waals surface area contributed by atoms with Gasteiger partial charge >= 0.3 is 0 Å². The molecule has 1 aromatic rings. The second-order valence-corrected chi connectivity index (χ2v) is 8.56. The number of amidine groups is 1. The first-order valence-electron chi connectivity index (χ1n) is 10.7. The van der Waals surface area contributed by atoms with Crippen LogP contribution in [-0.2, 0) is 4.79 Å². The molecule has 0 aromatic heterocycles. The summed E-state index contributed by atoms with van der Waals surface area (Å²) in [4.78, 5) is 14.2. The van der Waals surface area contributed by atoms with Gasteiger partial charge < -0.3 is 15.0 Å². The Morgan fingerprint density at radius 1 is 1.26 bits per heavy atom. The quantitative estimate of drug-likeness (QED) is 0.716. The highest BCUT2D eigenvalue weighted by Gasteiger charge is 2.37. The van der Waals surface area contributed by atoms with E-state index in [1.165, 1.54) is 0 Å². The SMILES string of the molecule is C[C@@H]1C(=O)NN=C2COc3cc(C4=CCC(F)(F)CC4)c(C4CCNCC4)cc3N21.Cl. The molecule has 1 amide bonds. The number of piperidine rings is 1. The van der Waals surface area contributed by atoms with E-state index in [4.69, 9.17) is 4.74 Å². The van der Waals surface area contributed by atoms with Crippen LogP contribution in [0.5, 0.6) is 5.75 Å². The van der Waals surface area contributed by atoms with E-state index in [9.17, 15) is 13.6 Å². The lowest BCUT2D eigenvalue weighted by molar-refractivity contribution is -0.122. The molecule has 0 spiro atoms. The lowest BCUT2D eigenvalue weighted by Gasteiger charge is -2.39. The summed E-state index contributed by atoms with van der Waals surface area (Å²) < 4.78 is 33.5. The number of carbonyl (C=O) groups is 1. The highest BCUT2D eigenvalue weighted by Crippen LogP contribution is 2.45. The number of carbonyl (C=O) groups excluding carboxylic acids is 1. The highest BCUT2D eigenvalue weighted by atomic mass is 35.5. The number of alkyl halides is 2. The highest BCUT2D eigenvalue weighted by molar-refractivity contribution is 6.09. The van der Waals surface area contributed by atoms with Crippen molar-refractivity contribution in [3.05, 3.63) is 29.3 Å².